The number of hydrogen-bond donors (Lipinski definition) is 1. The van der Waals surface area contributed by atoms with Gasteiger partial charge in [-0.3, -0.25) is 4.79 Å². The first-order valence-corrected chi connectivity index (χ1v) is 9.57. The Balaban J connectivity index is 1.69. The molecule has 0 saturated heterocycles. The third kappa shape index (κ3) is 4.42. The van der Waals surface area contributed by atoms with E-state index in [-0.39, 0.29) is 23.3 Å². The summed E-state index contributed by atoms with van der Waals surface area (Å²) in [5.74, 6) is -0.987. The molecule has 8 heteroatoms. The fourth-order valence-corrected chi connectivity index (χ4v) is 3.00. The van der Waals surface area contributed by atoms with E-state index in [2.05, 4.69) is 15.4 Å². The molecular formula is C23H18F2N4O2. The summed E-state index contributed by atoms with van der Waals surface area (Å²) >= 11 is 0. The first kappa shape index (κ1) is 20.2. The van der Waals surface area contributed by atoms with Gasteiger partial charge in [-0.15, -0.1) is 5.10 Å². The third-order valence-corrected chi connectivity index (χ3v) is 4.43. The van der Waals surface area contributed by atoms with Crippen LogP contribution in [0.5, 0.6) is 6.01 Å². The molecule has 0 fully saturated rings. The van der Waals surface area contributed by atoms with Crippen LogP contribution in [0.4, 0.5) is 14.5 Å². The van der Waals surface area contributed by atoms with Crippen molar-refractivity contribution in [3.05, 3.63) is 90.0 Å². The van der Waals surface area contributed by atoms with E-state index in [4.69, 9.17) is 4.74 Å². The van der Waals surface area contributed by atoms with E-state index >= 15 is 0 Å². The molecule has 0 aliphatic heterocycles. The van der Waals surface area contributed by atoms with Crippen LogP contribution in [0.3, 0.4) is 0 Å². The Morgan fingerprint density at radius 2 is 1.81 bits per heavy atom. The third-order valence-electron chi connectivity index (χ3n) is 4.43. The number of ether oxygens (including phenoxy) is 1. The molecule has 1 N–H and O–H groups in total. The number of nitrogens with zero attached hydrogens (tertiary/aromatic N) is 3. The predicted octanol–water partition coefficient (Wildman–Crippen LogP) is 4.86. The zero-order valence-corrected chi connectivity index (χ0v) is 16.5. The molecule has 0 saturated carbocycles. The number of amides is 1. The average Bonchev–Trinajstić information content (AvgIpc) is 3.19. The van der Waals surface area contributed by atoms with Crippen molar-refractivity contribution in [2.75, 3.05) is 11.9 Å². The zero-order chi connectivity index (χ0) is 21.8. The minimum absolute atomic E-state index is 0.113. The summed E-state index contributed by atoms with van der Waals surface area (Å²) in [7, 11) is 0. The van der Waals surface area contributed by atoms with Crippen LogP contribution in [0.15, 0.2) is 72.8 Å². The molecule has 0 aliphatic carbocycles. The van der Waals surface area contributed by atoms with Gasteiger partial charge in [-0.25, -0.2) is 13.5 Å². The molecule has 31 heavy (non-hydrogen) atoms. The molecule has 0 unspecified atom stereocenters. The number of rotatable bonds is 6. The first-order valence-electron chi connectivity index (χ1n) is 9.57. The van der Waals surface area contributed by atoms with E-state index in [0.717, 1.165) is 0 Å². The summed E-state index contributed by atoms with van der Waals surface area (Å²) in [6.07, 6.45) is 0. The molecule has 0 atom stereocenters. The highest BCUT2D eigenvalue weighted by Gasteiger charge is 2.18. The van der Waals surface area contributed by atoms with Gasteiger partial charge in [-0.2, -0.15) is 4.98 Å². The van der Waals surface area contributed by atoms with E-state index < -0.39 is 11.6 Å². The second-order valence-corrected chi connectivity index (χ2v) is 6.55. The summed E-state index contributed by atoms with van der Waals surface area (Å²) in [4.78, 5) is 16.8. The number of carbonyl (C=O) groups is 1. The van der Waals surface area contributed by atoms with Gasteiger partial charge in [0.2, 0.25) is 0 Å². The lowest BCUT2D eigenvalue weighted by Crippen LogP contribution is -2.12. The number of anilines is 1. The van der Waals surface area contributed by atoms with E-state index in [1.54, 1.807) is 49.4 Å². The summed E-state index contributed by atoms with van der Waals surface area (Å²) in [5, 5.41) is 7.10. The molecule has 0 aliphatic rings. The summed E-state index contributed by atoms with van der Waals surface area (Å²) < 4.78 is 34.4. The minimum atomic E-state index is -0.444. The number of nitrogens with one attached hydrogen (secondary N) is 1. The lowest BCUT2D eigenvalue weighted by Gasteiger charge is -2.10. The molecule has 0 spiro atoms. The van der Waals surface area contributed by atoms with Crippen molar-refractivity contribution in [1.29, 1.82) is 0 Å². The smallest absolute Gasteiger partial charge is 0.336 e. The van der Waals surface area contributed by atoms with Gasteiger partial charge in [0.25, 0.3) is 5.91 Å². The lowest BCUT2D eigenvalue weighted by atomic mass is 10.2. The second kappa shape index (κ2) is 8.74. The van der Waals surface area contributed by atoms with Crippen LogP contribution in [-0.2, 0) is 0 Å². The molecule has 156 valence electrons. The Morgan fingerprint density at radius 3 is 2.55 bits per heavy atom. The number of carbonyl (C=O) groups excluding carboxylic acids is 1. The molecule has 4 aromatic rings. The molecule has 1 aromatic heterocycles. The summed E-state index contributed by atoms with van der Waals surface area (Å²) in [6.45, 7) is 2.16. The fourth-order valence-electron chi connectivity index (χ4n) is 3.00. The molecular weight excluding hydrogens is 402 g/mol. The quantitative estimate of drug-likeness (QED) is 0.484. The Kier molecular flexibility index (Phi) is 5.70. The highest BCUT2D eigenvalue weighted by Crippen LogP contribution is 2.27. The molecule has 3 aromatic carbocycles. The van der Waals surface area contributed by atoms with Crippen molar-refractivity contribution in [2.45, 2.75) is 6.92 Å². The summed E-state index contributed by atoms with van der Waals surface area (Å²) in [5.41, 5.74) is 1.62. The number of halogens is 2. The van der Waals surface area contributed by atoms with Crippen LogP contribution in [-0.4, -0.2) is 27.3 Å². The second-order valence-electron chi connectivity index (χ2n) is 6.55. The molecule has 0 radical (unpaired) electrons. The highest BCUT2D eigenvalue weighted by atomic mass is 19.1. The van der Waals surface area contributed by atoms with E-state index in [0.29, 0.717) is 23.5 Å². The van der Waals surface area contributed by atoms with Crippen molar-refractivity contribution >= 4 is 11.6 Å². The Morgan fingerprint density at radius 1 is 1.03 bits per heavy atom. The monoisotopic (exact) mass is 420 g/mol. The normalized spacial score (nSPS) is 10.7. The molecule has 0 bridgehead atoms. The van der Waals surface area contributed by atoms with Gasteiger partial charge in [0, 0.05) is 11.3 Å². The number of aromatic nitrogens is 3. The van der Waals surface area contributed by atoms with Crippen molar-refractivity contribution < 1.29 is 18.3 Å². The average molecular weight is 420 g/mol. The minimum Gasteiger partial charge on any atom is -0.463 e. The standard InChI is InChI=1S/C23H18F2N4O2/c1-2-31-23-27-21(19-8-3-4-9-20(19)25)29(28-23)18-7-5-6-17(14-18)26-22(30)15-10-12-16(24)13-11-15/h3-14H,2H2,1H3,(H,26,30). The molecule has 6 nitrogen and oxygen atoms in total. The maximum Gasteiger partial charge on any atom is 0.336 e. The van der Waals surface area contributed by atoms with Crippen molar-refractivity contribution in [3.8, 4) is 23.1 Å². The van der Waals surface area contributed by atoms with Gasteiger partial charge in [0.1, 0.15) is 11.6 Å². The van der Waals surface area contributed by atoms with Gasteiger partial charge >= 0.3 is 6.01 Å². The molecule has 1 amide bonds. The van der Waals surface area contributed by atoms with Crippen molar-refractivity contribution in [1.82, 2.24) is 14.8 Å². The highest BCUT2D eigenvalue weighted by molar-refractivity contribution is 6.04. The molecule has 1 heterocycles. The fraction of sp³-hybridized carbons (Fsp3) is 0.0870. The van der Waals surface area contributed by atoms with Crippen LogP contribution in [0.1, 0.15) is 17.3 Å². The van der Waals surface area contributed by atoms with Crippen LogP contribution < -0.4 is 10.1 Å². The van der Waals surface area contributed by atoms with Crippen LogP contribution in [0.2, 0.25) is 0 Å². The van der Waals surface area contributed by atoms with Crippen LogP contribution in [0, 0.1) is 11.6 Å². The van der Waals surface area contributed by atoms with Gasteiger partial charge in [0.05, 0.1) is 17.9 Å². The SMILES string of the molecule is CCOc1nc(-c2ccccc2F)n(-c2cccc(NC(=O)c3ccc(F)cc3)c2)n1. The predicted molar refractivity (Wildman–Crippen MR) is 112 cm³/mol. The van der Waals surface area contributed by atoms with Gasteiger partial charge < -0.3 is 10.1 Å². The van der Waals surface area contributed by atoms with Crippen molar-refractivity contribution in [3.63, 3.8) is 0 Å². The topological polar surface area (TPSA) is 69.0 Å². The number of hydrogen-bond acceptors (Lipinski definition) is 4. The zero-order valence-electron chi connectivity index (χ0n) is 16.5. The number of benzene rings is 3. The Labute approximate surface area is 177 Å². The van der Waals surface area contributed by atoms with Crippen LogP contribution >= 0.6 is 0 Å². The van der Waals surface area contributed by atoms with E-state index in [1.165, 1.54) is 35.0 Å². The Bertz CT molecular complexity index is 1220. The van der Waals surface area contributed by atoms with Crippen LogP contribution in [0.25, 0.3) is 17.1 Å². The van der Waals surface area contributed by atoms with Gasteiger partial charge in [-0.05, 0) is 61.5 Å². The van der Waals surface area contributed by atoms with Gasteiger partial charge in [-0.1, -0.05) is 18.2 Å². The summed E-state index contributed by atoms with van der Waals surface area (Å²) in [6, 6.07) is 18.4. The van der Waals surface area contributed by atoms with E-state index in [9.17, 15) is 13.6 Å². The Hall–Kier alpha value is -4.07. The first-order chi connectivity index (χ1) is 15.0. The van der Waals surface area contributed by atoms with Crippen molar-refractivity contribution in [2.24, 2.45) is 0 Å². The maximum absolute atomic E-state index is 14.4. The lowest BCUT2D eigenvalue weighted by molar-refractivity contribution is 0.102. The maximum atomic E-state index is 14.4. The molecule has 4 rings (SSSR count). The van der Waals surface area contributed by atoms with E-state index in [1.807, 2.05) is 0 Å². The largest absolute Gasteiger partial charge is 0.463 e. The van der Waals surface area contributed by atoms with Gasteiger partial charge in [0.15, 0.2) is 5.82 Å².